The number of rotatable bonds is 6. The van der Waals surface area contributed by atoms with Crippen LogP contribution in [0.2, 0.25) is 0 Å². The first-order chi connectivity index (χ1) is 13.8. The summed E-state index contributed by atoms with van der Waals surface area (Å²) >= 11 is 1.39. The van der Waals surface area contributed by atoms with Crippen molar-refractivity contribution in [3.8, 4) is 22.8 Å². The predicted molar refractivity (Wildman–Crippen MR) is 110 cm³/mol. The SMILES string of the molecule is O=C(NCCCc1ccccc1)Nc1nc(-c2ccc3c(c2)OCCO3)cs1. The second-order valence-corrected chi connectivity index (χ2v) is 7.22. The summed E-state index contributed by atoms with van der Waals surface area (Å²) < 4.78 is 11.2. The van der Waals surface area contributed by atoms with Crippen LogP contribution in [-0.4, -0.2) is 30.8 Å². The van der Waals surface area contributed by atoms with Crippen LogP contribution in [-0.2, 0) is 6.42 Å². The van der Waals surface area contributed by atoms with Crippen LogP contribution in [0, 0.1) is 0 Å². The number of ether oxygens (including phenoxy) is 2. The number of nitrogens with zero attached hydrogens (tertiary/aromatic N) is 1. The number of aryl methyl sites for hydroxylation is 1. The van der Waals surface area contributed by atoms with Crippen molar-refractivity contribution in [1.29, 1.82) is 0 Å². The van der Waals surface area contributed by atoms with Crippen molar-refractivity contribution in [3.05, 3.63) is 59.5 Å². The van der Waals surface area contributed by atoms with Crippen LogP contribution in [0.1, 0.15) is 12.0 Å². The van der Waals surface area contributed by atoms with Crippen molar-refractivity contribution in [1.82, 2.24) is 10.3 Å². The van der Waals surface area contributed by atoms with Gasteiger partial charge in [-0.2, -0.15) is 0 Å². The van der Waals surface area contributed by atoms with Crippen molar-refractivity contribution in [2.45, 2.75) is 12.8 Å². The van der Waals surface area contributed by atoms with Gasteiger partial charge < -0.3 is 14.8 Å². The van der Waals surface area contributed by atoms with Crippen molar-refractivity contribution in [3.63, 3.8) is 0 Å². The third-order valence-electron chi connectivity index (χ3n) is 4.33. The van der Waals surface area contributed by atoms with Crippen LogP contribution in [0.15, 0.2) is 53.9 Å². The zero-order valence-corrected chi connectivity index (χ0v) is 16.1. The lowest BCUT2D eigenvalue weighted by Crippen LogP contribution is -2.29. The smallest absolute Gasteiger partial charge is 0.321 e. The highest BCUT2D eigenvalue weighted by atomic mass is 32.1. The molecule has 0 bridgehead atoms. The van der Waals surface area contributed by atoms with E-state index in [2.05, 4.69) is 27.8 Å². The molecule has 2 heterocycles. The van der Waals surface area contributed by atoms with E-state index in [1.54, 1.807) is 0 Å². The number of benzene rings is 2. The Morgan fingerprint density at radius 3 is 2.75 bits per heavy atom. The lowest BCUT2D eigenvalue weighted by Gasteiger charge is -2.18. The number of urea groups is 1. The highest BCUT2D eigenvalue weighted by Gasteiger charge is 2.14. The molecule has 0 atom stereocenters. The van der Waals surface area contributed by atoms with Crippen molar-refractivity contribution < 1.29 is 14.3 Å². The number of anilines is 1. The Balaban J connectivity index is 1.28. The van der Waals surface area contributed by atoms with E-state index in [4.69, 9.17) is 9.47 Å². The van der Waals surface area contributed by atoms with Crippen LogP contribution < -0.4 is 20.1 Å². The average molecular weight is 395 g/mol. The van der Waals surface area contributed by atoms with Gasteiger partial charge in [0.2, 0.25) is 0 Å². The molecule has 3 aromatic rings. The maximum absolute atomic E-state index is 12.1. The van der Waals surface area contributed by atoms with E-state index < -0.39 is 0 Å². The molecule has 0 aliphatic carbocycles. The minimum atomic E-state index is -0.240. The first-order valence-electron chi connectivity index (χ1n) is 9.22. The molecule has 0 saturated carbocycles. The Hall–Kier alpha value is -3.06. The predicted octanol–water partition coefficient (Wildman–Crippen LogP) is 4.34. The van der Waals surface area contributed by atoms with Gasteiger partial charge in [0.1, 0.15) is 13.2 Å². The summed E-state index contributed by atoms with van der Waals surface area (Å²) in [6, 6.07) is 15.7. The fraction of sp³-hybridized carbons (Fsp3) is 0.238. The molecule has 0 saturated heterocycles. The number of amides is 2. The molecule has 1 aromatic heterocycles. The molecule has 28 heavy (non-hydrogen) atoms. The van der Waals surface area contributed by atoms with E-state index in [1.807, 2.05) is 41.8 Å². The van der Waals surface area contributed by atoms with Gasteiger partial charge in [0.05, 0.1) is 5.69 Å². The normalized spacial score (nSPS) is 12.4. The lowest BCUT2D eigenvalue weighted by atomic mass is 10.1. The number of aromatic nitrogens is 1. The van der Waals surface area contributed by atoms with Crippen LogP contribution in [0.5, 0.6) is 11.5 Å². The summed E-state index contributed by atoms with van der Waals surface area (Å²) in [5.41, 5.74) is 2.99. The molecule has 0 radical (unpaired) electrons. The third-order valence-corrected chi connectivity index (χ3v) is 5.09. The van der Waals surface area contributed by atoms with E-state index in [0.29, 0.717) is 24.9 Å². The zero-order valence-electron chi connectivity index (χ0n) is 15.3. The van der Waals surface area contributed by atoms with Gasteiger partial charge in [0.15, 0.2) is 16.6 Å². The Morgan fingerprint density at radius 2 is 1.89 bits per heavy atom. The average Bonchev–Trinajstić information content (AvgIpc) is 3.20. The quantitative estimate of drug-likeness (QED) is 0.609. The lowest BCUT2D eigenvalue weighted by molar-refractivity contribution is 0.171. The number of nitrogens with one attached hydrogen (secondary N) is 2. The van der Waals surface area contributed by atoms with Gasteiger partial charge in [-0.3, -0.25) is 5.32 Å². The molecule has 2 N–H and O–H groups in total. The molecule has 0 spiro atoms. The van der Waals surface area contributed by atoms with Gasteiger partial charge in [-0.1, -0.05) is 30.3 Å². The molecule has 2 amide bonds. The number of hydrogen-bond donors (Lipinski definition) is 2. The van der Waals surface area contributed by atoms with E-state index in [1.165, 1.54) is 16.9 Å². The number of hydrogen-bond acceptors (Lipinski definition) is 5. The van der Waals surface area contributed by atoms with Gasteiger partial charge in [0.25, 0.3) is 0 Å². The van der Waals surface area contributed by atoms with Gasteiger partial charge in [-0.25, -0.2) is 9.78 Å². The second-order valence-electron chi connectivity index (χ2n) is 6.37. The summed E-state index contributed by atoms with van der Waals surface area (Å²) in [6.07, 6.45) is 1.82. The monoisotopic (exact) mass is 395 g/mol. The second kappa shape index (κ2) is 8.75. The minimum Gasteiger partial charge on any atom is -0.486 e. The highest BCUT2D eigenvalue weighted by Crippen LogP contribution is 2.35. The molecule has 0 fully saturated rings. The summed E-state index contributed by atoms with van der Waals surface area (Å²) in [5.74, 6) is 1.47. The van der Waals surface area contributed by atoms with Gasteiger partial charge in [-0.15, -0.1) is 11.3 Å². The summed E-state index contributed by atoms with van der Waals surface area (Å²) in [6.45, 7) is 1.73. The molecule has 4 rings (SSSR count). The fourth-order valence-electron chi connectivity index (χ4n) is 2.95. The number of fused-ring (bicyclic) bond motifs is 1. The number of carbonyl (C=O) groups is 1. The first kappa shape index (κ1) is 18.3. The molecule has 1 aliphatic heterocycles. The molecule has 0 unspecified atom stereocenters. The Morgan fingerprint density at radius 1 is 1.07 bits per heavy atom. The zero-order chi connectivity index (χ0) is 19.2. The maximum atomic E-state index is 12.1. The van der Waals surface area contributed by atoms with E-state index in [9.17, 15) is 4.79 Å². The molecular weight excluding hydrogens is 374 g/mol. The summed E-state index contributed by atoms with van der Waals surface area (Å²) in [7, 11) is 0. The molecule has 1 aliphatic rings. The first-order valence-corrected chi connectivity index (χ1v) is 10.1. The van der Waals surface area contributed by atoms with Gasteiger partial charge in [0, 0.05) is 17.5 Å². The molecular formula is C21H21N3O3S. The standard InChI is InChI=1S/C21H21N3O3S/c25-20(22-10-4-7-15-5-2-1-3-6-15)24-21-23-17(14-28-21)16-8-9-18-19(13-16)27-12-11-26-18/h1-3,5-6,8-9,13-14H,4,7,10-12H2,(H2,22,23,24,25). The largest absolute Gasteiger partial charge is 0.486 e. The van der Waals surface area contributed by atoms with E-state index in [-0.39, 0.29) is 6.03 Å². The van der Waals surface area contributed by atoms with Crippen molar-refractivity contribution >= 4 is 22.5 Å². The Bertz CT molecular complexity index is 943. The maximum Gasteiger partial charge on any atom is 0.321 e. The topological polar surface area (TPSA) is 72.5 Å². The fourth-order valence-corrected chi connectivity index (χ4v) is 3.66. The molecule has 2 aromatic carbocycles. The van der Waals surface area contributed by atoms with Crippen LogP contribution in [0.4, 0.5) is 9.93 Å². The van der Waals surface area contributed by atoms with Gasteiger partial charge >= 0.3 is 6.03 Å². The minimum absolute atomic E-state index is 0.240. The van der Waals surface area contributed by atoms with Crippen molar-refractivity contribution in [2.24, 2.45) is 0 Å². The van der Waals surface area contributed by atoms with Gasteiger partial charge in [-0.05, 0) is 36.6 Å². The number of carbonyl (C=O) groups excluding carboxylic acids is 1. The van der Waals surface area contributed by atoms with E-state index in [0.717, 1.165) is 35.6 Å². The van der Waals surface area contributed by atoms with Crippen LogP contribution in [0.25, 0.3) is 11.3 Å². The Kier molecular flexibility index (Phi) is 5.72. The molecule has 7 heteroatoms. The van der Waals surface area contributed by atoms with Crippen LogP contribution >= 0.6 is 11.3 Å². The molecule has 144 valence electrons. The van der Waals surface area contributed by atoms with E-state index >= 15 is 0 Å². The summed E-state index contributed by atoms with van der Waals surface area (Å²) in [5, 5.41) is 8.14. The molecule has 6 nitrogen and oxygen atoms in total. The van der Waals surface area contributed by atoms with Crippen molar-refractivity contribution in [2.75, 3.05) is 25.1 Å². The summed E-state index contributed by atoms with van der Waals surface area (Å²) in [4.78, 5) is 16.6. The number of thiazole rings is 1. The van der Waals surface area contributed by atoms with Crippen LogP contribution in [0.3, 0.4) is 0 Å². The highest BCUT2D eigenvalue weighted by molar-refractivity contribution is 7.14. The Labute approximate surface area is 167 Å². The third kappa shape index (κ3) is 4.61.